The number of carboxylic acids is 1. The molecule has 0 bridgehead atoms. The van der Waals surface area contributed by atoms with Gasteiger partial charge < -0.3 is 10.0 Å². The summed E-state index contributed by atoms with van der Waals surface area (Å²) in [7, 11) is 0. The van der Waals surface area contributed by atoms with Crippen LogP contribution >= 0.6 is 0 Å². The van der Waals surface area contributed by atoms with Crippen molar-refractivity contribution in [1.82, 2.24) is 9.80 Å². The summed E-state index contributed by atoms with van der Waals surface area (Å²) in [5, 5.41) is 9.15. The normalized spacial score (nSPS) is 17.5. The number of hydrogen-bond acceptors (Lipinski definition) is 3. The van der Waals surface area contributed by atoms with Crippen molar-refractivity contribution < 1.29 is 19.1 Å². The second-order valence-corrected chi connectivity index (χ2v) is 5.10. The average molecular weight is 294 g/mol. The molecule has 5 nitrogen and oxygen atoms in total. The van der Waals surface area contributed by atoms with Crippen LogP contribution in [0.4, 0.5) is 4.39 Å². The molecule has 1 aromatic carbocycles. The minimum atomic E-state index is -0.831. The third kappa shape index (κ3) is 3.58. The Morgan fingerprint density at radius 2 is 1.95 bits per heavy atom. The Hall–Kier alpha value is -1.95. The van der Waals surface area contributed by atoms with E-state index in [1.807, 2.05) is 11.8 Å². The van der Waals surface area contributed by atoms with E-state index in [-0.39, 0.29) is 5.91 Å². The summed E-state index contributed by atoms with van der Waals surface area (Å²) in [6.07, 6.45) is 0.535. The first-order chi connectivity index (χ1) is 10.0. The first kappa shape index (κ1) is 15.4. The van der Waals surface area contributed by atoms with Crippen molar-refractivity contribution in [1.29, 1.82) is 0 Å². The molecule has 0 saturated carbocycles. The van der Waals surface area contributed by atoms with E-state index in [9.17, 15) is 14.0 Å². The van der Waals surface area contributed by atoms with Gasteiger partial charge in [0, 0.05) is 31.7 Å². The summed E-state index contributed by atoms with van der Waals surface area (Å²) in [6.45, 7) is 3.79. The number of piperazine rings is 1. The highest BCUT2D eigenvalue weighted by Gasteiger charge is 2.29. The molecule has 1 N–H and O–H groups in total. The molecule has 0 unspecified atom stereocenters. The van der Waals surface area contributed by atoms with Crippen LogP contribution in [0.2, 0.25) is 0 Å². The Balaban J connectivity index is 1.97. The van der Waals surface area contributed by atoms with Gasteiger partial charge in [-0.3, -0.25) is 14.5 Å². The van der Waals surface area contributed by atoms with Gasteiger partial charge in [0.25, 0.3) is 5.91 Å². The SMILES string of the molecule is CC[C@@H](C(=O)O)N1CCN(C(=O)c2cccc(F)c2)CC1. The predicted octanol–water partition coefficient (Wildman–Crippen LogP) is 1.45. The molecule has 1 fully saturated rings. The molecule has 6 heteroatoms. The fraction of sp³-hybridized carbons (Fsp3) is 0.467. The molecule has 0 aromatic heterocycles. The molecule has 1 aromatic rings. The molecule has 1 aliphatic rings. The molecule has 114 valence electrons. The maximum Gasteiger partial charge on any atom is 0.320 e. The zero-order valence-electron chi connectivity index (χ0n) is 12.0. The number of halogens is 1. The lowest BCUT2D eigenvalue weighted by Crippen LogP contribution is -2.53. The van der Waals surface area contributed by atoms with Gasteiger partial charge in [-0.15, -0.1) is 0 Å². The van der Waals surface area contributed by atoms with Crippen LogP contribution in [-0.4, -0.2) is 59.0 Å². The molecule has 1 atom stereocenters. The van der Waals surface area contributed by atoms with Crippen molar-refractivity contribution in [2.75, 3.05) is 26.2 Å². The number of carbonyl (C=O) groups excluding carboxylic acids is 1. The van der Waals surface area contributed by atoms with Crippen molar-refractivity contribution in [3.63, 3.8) is 0 Å². The molecule has 1 amide bonds. The van der Waals surface area contributed by atoms with Gasteiger partial charge >= 0.3 is 5.97 Å². The third-order valence-electron chi connectivity index (χ3n) is 3.79. The van der Waals surface area contributed by atoms with Crippen molar-refractivity contribution in [3.05, 3.63) is 35.6 Å². The quantitative estimate of drug-likeness (QED) is 0.913. The minimum absolute atomic E-state index is 0.211. The molecule has 21 heavy (non-hydrogen) atoms. The van der Waals surface area contributed by atoms with Crippen LogP contribution in [-0.2, 0) is 4.79 Å². The van der Waals surface area contributed by atoms with Crippen molar-refractivity contribution in [3.8, 4) is 0 Å². The van der Waals surface area contributed by atoms with Crippen LogP contribution in [0.3, 0.4) is 0 Å². The highest BCUT2D eigenvalue weighted by Crippen LogP contribution is 2.13. The largest absolute Gasteiger partial charge is 0.480 e. The van der Waals surface area contributed by atoms with Crippen LogP contribution < -0.4 is 0 Å². The molecule has 0 radical (unpaired) electrons. The summed E-state index contributed by atoms with van der Waals surface area (Å²) < 4.78 is 13.2. The van der Waals surface area contributed by atoms with Crippen molar-refractivity contribution >= 4 is 11.9 Å². The highest BCUT2D eigenvalue weighted by atomic mass is 19.1. The Morgan fingerprint density at radius 1 is 1.29 bits per heavy atom. The van der Waals surface area contributed by atoms with E-state index in [4.69, 9.17) is 5.11 Å². The molecular formula is C15H19FN2O3. The number of amides is 1. The van der Waals surface area contributed by atoms with Gasteiger partial charge in [0.2, 0.25) is 0 Å². The lowest BCUT2D eigenvalue weighted by atomic mass is 10.1. The molecular weight excluding hydrogens is 275 g/mol. The Kier molecular flexibility index (Phi) is 4.90. The van der Waals surface area contributed by atoms with Crippen LogP contribution in [0, 0.1) is 5.82 Å². The Bertz CT molecular complexity index is 527. The zero-order valence-corrected chi connectivity index (χ0v) is 12.0. The van der Waals surface area contributed by atoms with Gasteiger partial charge in [-0.05, 0) is 24.6 Å². The second-order valence-electron chi connectivity index (χ2n) is 5.10. The van der Waals surface area contributed by atoms with Crippen LogP contribution in [0.25, 0.3) is 0 Å². The molecule has 1 aliphatic heterocycles. The molecule has 1 saturated heterocycles. The first-order valence-electron chi connectivity index (χ1n) is 7.04. The second kappa shape index (κ2) is 6.67. The summed E-state index contributed by atoms with van der Waals surface area (Å²) in [4.78, 5) is 26.9. The smallest absolute Gasteiger partial charge is 0.320 e. The Morgan fingerprint density at radius 3 is 2.48 bits per heavy atom. The van der Waals surface area contributed by atoms with Crippen LogP contribution in [0.1, 0.15) is 23.7 Å². The number of benzene rings is 1. The predicted molar refractivity (Wildman–Crippen MR) is 75.6 cm³/mol. The lowest BCUT2D eigenvalue weighted by Gasteiger charge is -2.37. The number of hydrogen-bond donors (Lipinski definition) is 1. The van der Waals surface area contributed by atoms with Gasteiger partial charge in [-0.2, -0.15) is 0 Å². The van der Waals surface area contributed by atoms with E-state index >= 15 is 0 Å². The summed E-state index contributed by atoms with van der Waals surface area (Å²) >= 11 is 0. The Labute approximate surface area is 123 Å². The van der Waals surface area contributed by atoms with E-state index in [1.165, 1.54) is 18.2 Å². The van der Waals surface area contributed by atoms with Crippen LogP contribution in [0.5, 0.6) is 0 Å². The number of carboxylic acid groups (broad SMARTS) is 1. The van der Waals surface area contributed by atoms with Crippen LogP contribution in [0.15, 0.2) is 24.3 Å². The fourth-order valence-corrected chi connectivity index (χ4v) is 2.63. The topological polar surface area (TPSA) is 60.9 Å². The van der Waals surface area contributed by atoms with Gasteiger partial charge in [-0.25, -0.2) is 4.39 Å². The maximum absolute atomic E-state index is 13.2. The van der Waals surface area contributed by atoms with Gasteiger partial charge in [0.15, 0.2) is 0 Å². The van der Waals surface area contributed by atoms with Crippen molar-refractivity contribution in [2.45, 2.75) is 19.4 Å². The van der Waals surface area contributed by atoms with E-state index < -0.39 is 17.8 Å². The average Bonchev–Trinajstić information content (AvgIpc) is 2.47. The summed E-state index contributed by atoms with van der Waals surface area (Å²) in [5.74, 6) is -1.48. The van der Waals surface area contributed by atoms with E-state index in [1.54, 1.807) is 11.0 Å². The van der Waals surface area contributed by atoms with E-state index in [2.05, 4.69) is 0 Å². The number of carbonyl (C=O) groups is 2. The summed E-state index contributed by atoms with van der Waals surface area (Å²) in [5.41, 5.74) is 0.328. The third-order valence-corrected chi connectivity index (χ3v) is 3.79. The van der Waals surface area contributed by atoms with Gasteiger partial charge in [0.05, 0.1) is 0 Å². The van der Waals surface area contributed by atoms with Gasteiger partial charge in [-0.1, -0.05) is 13.0 Å². The maximum atomic E-state index is 13.2. The molecule has 0 spiro atoms. The number of aliphatic carboxylic acids is 1. The first-order valence-corrected chi connectivity index (χ1v) is 7.04. The standard InChI is InChI=1S/C15H19FN2O3/c1-2-13(15(20)21)17-6-8-18(9-7-17)14(19)11-4-3-5-12(16)10-11/h3-5,10,13H,2,6-9H2,1H3,(H,20,21)/t13-/m0/s1. The lowest BCUT2D eigenvalue weighted by molar-refractivity contribution is -0.144. The van der Waals surface area contributed by atoms with Gasteiger partial charge in [0.1, 0.15) is 11.9 Å². The van der Waals surface area contributed by atoms with E-state index in [0.29, 0.717) is 38.2 Å². The number of nitrogens with zero attached hydrogens (tertiary/aromatic N) is 2. The fourth-order valence-electron chi connectivity index (χ4n) is 2.63. The molecule has 1 heterocycles. The summed E-state index contributed by atoms with van der Waals surface area (Å²) in [6, 6.07) is 5.12. The zero-order chi connectivity index (χ0) is 15.4. The molecule has 0 aliphatic carbocycles. The highest BCUT2D eigenvalue weighted by molar-refractivity contribution is 5.94. The van der Waals surface area contributed by atoms with Crippen molar-refractivity contribution in [2.24, 2.45) is 0 Å². The molecule has 2 rings (SSSR count). The minimum Gasteiger partial charge on any atom is -0.480 e. The monoisotopic (exact) mass is 294 g/mol. The van der Waals surface area contributed by atoms with E-state index in [0.717, 1.165) is 0 Å². The number of rotatable bonds is 4.